The van der Waals surface area contributed by atoms with E-state index in [0.717, 1.165) is 15.6 Å². The molecule has 8 heteroatoms. The molecule has 298 valence electrons. The standard InChI is InChI=1S/C26H19BO2.C20H13I.C6H6BBrO2.CH4/c28-27(29)20-16-14-19(15-17-20)26-23-12-6-4-10-21(23)25(18-8-2-1-3-9-18)22-11-5-7-13-24(22)26;21-20-17-12-6-4-10-15(17)19(14-8-2-1-3-9-14)16-11-5-7-13-18(16)20;8-6-3-1-5(2-4-6)7(9)10;/h1-17,28-29H;1-13H;1-4,9-10H;1H4. The zero-order valence-corrected chi connectivity index (χ0v) is 36.1. The molecule has 0 bridgehead atoms. The maximum absolute atomic E-state index is 9.45. The Kier molecular flexibility index (Phi) is 14.2. The van der Waals surface area contributed by atoms with Crippen molar-refractivity contribution in [1.29, 1.82) is 0 Å². The van der Waals surface area contributed by atoms with Crippen LogP contribution >= 0.6 is 38.5 Å². The molecule has 0 aliphatic heterocycles. The summed E-state index contributed by atoms with van der Waals surface area (Å²) < 4.78 is 2.26. The minimum Gasteiger partial charge on any atom is -0.423 e. The average Bonchev–Trinajstić information content (AvgIpc) is 3.29. The summed E-state index contributed by atoms with van der Waals surface area (Å²) in [6.45, 7) is 0. The summed E-state index contributed by atoms with van der Waals surface area (Å²) in [4.78, 5) is 0. The summed E-state index contributed by atoms with van der Waals surface area (Å²) in [5.41, 5.74) is 8.26. The van der Waals surface area contributed by atoms with E-state index in [9.17, 15) is 10.0 Å². The number of fused-ring (bicyclic) bond motifs is 4. The van der Waals surface area contributed by atoms with E-state index in [-0.39, 0.29) is 7.43 Å². The van der Waals surface area contributed by atoms with Crippen molar-refractivity contribution in [2.75, 3.05) is 0 Å². The van der Waals surface area contributed by atoms with Crippen molar-refractivity contribution in [1.82, 2.24) is 0 Å². The minimum atomic E-state index is -1.46. The molecule has 0 unspecified atom stereocenters. The maximum Gasteiger partial charge on any atom is 0.488 e. The van der Waals surface area contributed by atoms with E-state index < -0.39 is 14.2 Å². The van der Waals surface area contributed by atoms with Crippen LogP contribution in [0.3, 0.4) is 0 Å². The molecule has 10 aromatic carbocycles. The van der Waals surface area contributed by atoms with Gasteiger partial charge in [0.1, 0.15) is 0 Å². The van der Waals surface area contributed by atoms with Crippen LogP contribution in [0.2, 0.25) is 0 Å². The molecular weight excluding hydrogens is 929 g/mol. The molecule has 0 aliphatic carbocycles. The Morgan fingerprint density at radius 3 is 0.869 bits per heavy atom. The van der Waals surface area contributed by atoms with Crippen LogP contribution in [0.5, 0.6) is 0 Å². The lowest BCUT2D eigenvalue weighted by Gasteiger charge is -2.17. The van der Waals surface area contributed by atoms with Gasteiger partial charge >= 0.3 is 14.2 Å². The smallest absolute Gasteiger partial charge is 0.423 e. The molecule has 10 aromatic rings. The van der Waals surface area contributed by atoms with E-state index in [0.29, 0.717) is 10.9 Å². The molecule has 4 N–H and O–H groups in total. The van der Waals surface area contributed by atoms with Crippen LogP contribution in [0.4, 0.5) is 0 Å². The summed E-state index contributed by atoms with van der Waals surface area (Å²) in [7, 11) is -2.83. The van der Waals surface area contributed by atoms with Gasteiger partial charge in [-0.05, 0) is 122 Å². The predicted molar refractivity (Wildman–Crippen MR) is 272 cm³/mol. The van der Waals surface area contributed by atoms with E-state index in [1.54, 1.807) is 36.4 Å². The van der Waals surface area contributed by atoms with Crippen molar-refractivity contribution in [3.63, 3.8) is 0 Å². The summed E-state index contributed by atoms with van der Waals surface area (Å²) in [5, 5.41) is 46.3. The Bertz CT molecular complexity index is 2940. The lowest BCUT2D eigenvalue weighted by atomic mass is 9.79. The normalized spacial score (nSPS) is 10.7. The SMILES string of the molecule is C.Ic1c2ccccc2c(-c2ccccc2)c2ccccc12.OB(O)c1ccc(-c2c3ccccc3c(-c3ccccc3)c3ccccc23)cc1.OB(O)c1ccc(Br)cc1. The van der Waals surface area contributed by atoms with Gasteiger partial charge in [-0.25, -0.2) is 0 Å². The number of hydrogen-bond acceptors (Lipinski definition) is 4. The second-order valence-electron chi connectivity index (χ2n) is 14.3. The largest absolute Gasteiger partial charge is 0.488 e. The highest BCUT2D eigenvalue weighted by atomic mass is 127. The second-order valence-corrected chi connectivity index (χ2v) is 16.3. The van der Waals surface area contributed by atoms with Gasteiger partial charge in [-0.2, -0.15) is 0 Å². The Balaban J connectivity index is 0.000000153. The van der Waals surface area contributed by atoms with Gasteiger partial charge < -0.3 is 20.1 Å². The van der Waals surface area contributed by atoms with Gasteiger partial charge in [-0.15, -0.1) is 0 Å². The van der Waals surface area contributed by atoms with E-state index in [4.69, 9.17) is 10.0 Å². The highest BCUT2D eigenvalue weighted by Crippen LogP contribution is 2.43. The molecule has 0 heterocycles. The fourth-order valence-corrected chi connectivity index (χ4v) is 9.01. The Hall–Kier alpha value is -5.58. The first-order chi connectivity index (χ1) is 29.3. The van der Waals surface area contributed by atoms with Crippen molar-refractivity contribution in [3.8, 4) is 33.4 Å². The van der Waals surface area contributed by atoms with Crippen LogP contribution in [-0.2, 0) is 0 Å². The predicted octanol–water partition coefficient (Wildman–Crippen LogP) is 12.0. The van der Waals surface area contributed by atoms with Crippen LogP contribution in [0.25, 0.3) is 76.5 Å². The fourth-order valence-electron chi connectivity index (χ4n) is 7.80. The summed E-state index contributed by atoms with van der Waals surface area (Å²) in [5.74, 6) is 0. The zero-order chi connectivity index (χ0) is 41.6. The van der Waals surface area contributed by atoms with Crippen LogP contribution in [0.15, 0.2) is 211 Å². The number of halogens is 2. The van der Waals surface area contributed by atoms with E-state index >= 15 is 0 Å². The quantitative estimate of drug-likeness (QED) is 0.0787. The zero-order valence-electron chi connectivity index (χ0n) is 32.3. The molecule has 4 nitrogen and oxygen atoms in total. The van der Waals surface area contributed by atoms with Crippen molar-refractivity contribution >= 4 is 107 Å². The Morgan fingerprint density at radius 1 is 0.311 bits per heavy atom. The van der Waals surface area contributed by atoms with E-state index in [1.165, 1.54) is 68.9 Å². The van der Waals surface area contributed by atoms with Crippen molar-refractivity contribution in [2.45, 2.75) is 7.43 Å². The van der Waals surface area contributed by atoms with Gasteiger partial charge in [-0.1, -0.05) is 217 Å². The molecular formula is C53H42B2BrIO4. The molecule has 10 rings (SSSR count). The second kappa shape index (κ2) is 19.9. The molecule has 0 saturated carbocycles. The Labute approximate surface area is 379 Å². The number of benzene rings is 10. The first-order valence-electron chi connectivity index (χ1n) is 19.5. The third-order valence-corrected chi connectivity index (χ3v) is 12.3. The average molecular weight is 971 g/mol. The van der Waals surface area contributed by atoms with Gasteiger partial charge in [0, 0.05) is 8.04 Å². The van der Waals surface area contributed by atoms with Crippen molar-refractivity contribution in [2.24, 2.45) is 0 Å². The van der Waals surface area contributed by atoms with Crippen LogP contribution in [-0.4, -0.2) is 34.3 Å². The van der Waals surface area contributed by atoms with Crippen LogP contribution < -0.4 is 10.9 Å². The maximum atomic E-state index is 9.45. The van der Waals surface area contributed by atoms with E-state index in [2.05, 4.69) is 190 Å². The van der Waals surface area contributed by atoms with Gasteiger partial charge in [0.05, 0.1) is 0 Å². The molecule has 0 fully saturated rings. The molecule has 0 saturated heterocycles. The van der Waals surface area contributed by atoms with Gasteiger partial charge in [0.25, 0.3) is 0 Å². The third kappa shape index (κ3) is 9.36. The topological polar surface area (TPSA) is 80.9 Å². The van der Waals surface area contributed by atoms with Crippen LogP contribution in [0, 0.1) is 3.57 Å². The highest BCUT2D eigenvalue weighted by molar-refractivity contribution is 14.1. The molecule has 0 aromatic heterocycles. The van der Waals surface area contributed by atoms with Gasteiger partial charge in [-0.3, -0.25) is 0 Å². The lowest BCUT2D eigenvalue weighted by molar-refractivity contribution is 0.424. The third-order valence-electron chi connectivity index (χ3n) is 10.6. The summed E-state index contributed by atoms with van der Waals surface area (Å²) >= 11 is 5.70. The minimum absolute atomic E-state index is 0. The van der Waals surface area contributed by atoms with Crippen molar-refractivity contribution < 1.29 is 20.1 Å². The molecule has 0 radical (unpaired) electrons. The van der Waals surface area contributed by atoms with Crippen LogP contribution in [0.1, 0.15) is 7.43 Å². The highest BCUT2D eigenvalue weighted by Gasteiger charge is 2.18. The van der Waals surface area contributed by atoms with Crippen molar-refractivity contribution in [3.05, 3.63) is 214 Å². The molecule has 0 amide bonds. The van der Waals surface area contributed by atoms with E-state index in [1.807, 2.05) is 18.2 Å². The number of hydrogen-bond donors (Lipinski definition) is 4. The molecule has 61 heavy (non-hydrogen) atoms. The van der Waals surface area contributed by atoms with Gasteiger partial charge in [0.15, 0.2) is 0 Å². The molecule has 0 spiro atoms. The fraction of sp³-hybridized carbons (Fsp3) is 0.0189. The molecule has 0 aliphatic rings. The lowest BCUT2D eigenvalue weighted by Crippen LogP contribution is -2.29. The number of rotatable bonds is 5. The van der Waals surface area contributed by atoms with Gasteiger partial charge in [0.2, 0.25) is 0 Å². The summed E-state index contributed by atoms with van der Waals surface area (Å²) in [6.07, 6.45) is 0. The monoisotopic (exact) mass is 970 g/mol. The first-order valence-corrected chi connectivity index (χ1v) is 21.4. The Morgan fingerprint density at radius 2 is 0.557 bits per heavy atom. The summed E-state index contributed by atoms with van der Waals surface area (Å²) in [6, 6.07) is 69.8. The first kappa shape index (κ1) is 43.5. The molecule has 0 atom stereocenters.